The Morgan fingerprint density at radius 2 is 2.00 bits per heavy atom. The van der Waals surface area contributed by atoms with Crippen LogP contribution in [0.5, 0.6) is 0 Å². The van der Waals surface area contributed by atoms with Gasteiger partial charge in [-0.15, -0.1) is 0 Å². The molecule has 2 atom stereocenters. The summed E-state index contributed by atoms with van der Waals surface area (Å²) in [4.78, 5) is 4.08. The third-order valence-electron chi connectivity index (χ3n) is 3.38. The highest BCUT2D eigenvalue weighted by atomic mass is 35.5. The third kappa shape index (κ3) is 2.71. The Kier molecular flexibility index (Phi) is 3.31. The average molecular weight is 259 g/mol. The second-order valence-corrected chi connectivity index (χ2v) is 5.12. The van der Waals surface area contributed by atoms with Crippen LogP contribution in [-0.2, 0) is 6.54 Å². The van der Waals surface area contributed by atoms with Gasteiger partial charge in [0.05, 0.1) is 0 Å². The van der Waals surface area contributed by atoms with Gasteiger partial charge in [-0.25, -0.2) is 4.98 Å². The number of hydrogen-bond donors (Lipinski definition) is 1. The van der Waals surface area contributed by atoms with Crippen molar-refractivity contribution in [3.8, 4) is 0 Å². The molecule has 3 rings (SSSR count). The van der Waals surface area contributed by atoms with Crippen molar-refractivity contribution in [1.82, 2.24) is 10.3 Å². The van der Waals surface area contributed by atoms with Crippen LogP contribution in [0, 0.1) is 0 Å². The van der Waals surface area contributed by atoms with Crippen molar-refractivity contribution >= 4 is 11.6 Å². The Morgan fingerprint density at radius 3 is 2.72 bits per heavy atom. The van der Waals surface area contributed by atoms with Gasteiger partial charge in [0.15, 0.2) is 0 Å². The second-order valence-electron chi connectivity index (χ2n) is 4.73. The van der Waals surface area contributed by atoms with Crippen LogP contribution >= 0.6 is 11.6 Å². The summed E-state index contributed by atoms with van der Waals surface area (Å²) in [5.74, 6) is 0.673. The first kappa shape index (κ1) is 11.7. The van der Waals surface area contributed by atoms with Crippen LogP contribution in [0.15, 0.2) is 48.7 Å². The number of pyridine rings is 1. The molecule has 2 nitrogen and oxygen atoms in total. The summed E-state index contributed by atoms with van der Waals surface area (Å²) in [6.45, 7) is 0.859. The van der Waals surface area contributed by atoms with E-state index in [4.69, 9.17) is 11.6 Å². The van der Waals surface area contributed by atoms with Crippen LogP contribution in [0.3, 0.4) is 0 Å². The lowest BCUT2D eigenvalue weighted by molar-refractivity contribution is 0.671. The topological polar surface area (TPSA) is 24.9 Å². The quantitative estimate of drug-likeness (QED) is 0.851. The van der Waals surface area contributed by atoms with Gasteiger partial charge in [-0.05, 0) is 23.6 Å². The van der Waals surface area contributed by atoms with Gasteiger partial charge in [0.2, 0.25) is 0 Å². The van der Waals surface area contributed by atoms with E-state index in [-0.39, 0.29) is 0 Å². The lowest BCUT2D eigenvalue weighted by Gasteiger charge is -2.04. The van der Waals surface area contributed by atoms with E-state index in [9.17, 15) is 0 Å². The van der Waals surface area contributed by atoms with E-state index >= 15 is 0 Å². The Morgan fingerprint density at radius 1 is 1.17 bits per heavy atom. The van der Waals surface area contributed by atoms with E-state index in [1.54, 1.807) is 0 Å². The molecule has 0 saturated heterocycles. The predicted octanol–water partition coefficient (Wildman–Crippen LogP) is 3.38. The van der Waals surface area contributed by atoms with Crippen LogP contribution < -0.4 is 5.32 Å². The van der Waals surface area contributed by atoms with Gasteiger partial charge in [0.25, 0.3) is 0 Å². The molecule has 92 valence electrons. The number of aromatic nitrogens is 1. The molecule has 1 fully saturated rings. The van der Waals surface area contributed by atoms with Gasteiger partial charge in [-0.2, -0.15) is 0 Å². The normalized spacial score (nSPS) is 21.8. The summed E-state index contributed by atoms with van der Waals surface area (Å²) in [6.07, 6.45) is 3.06. The van der Waals surface area contributed by atoms with Crippen LogP contribution in [-0.4, -0.2) is 11.0 Å². The van der Waals surface area contributed by atoms with Crippen molar-refractivity contribution in [2.75, 3.05) is 0 Å². The van der Waals surface area contributed by atoms with Crippen molar-refractivity contribution in [3.05, 3.63) is 64.9 Å². The molecule has 2 aromatic rings. The molecule has 1 aliphatic carbocycles. The monoisotopic (exact) mass is 258 g/mol. The lowest BCUT2D eigenvalue weighted by atomic mass is 10.1. The molecule has 0 spiro atoms. The molecule has 3 heteroatoms. The number of halogens is 1. The van der Waals surface area contributed by atoms with E-state index in [1.165, 1.54) is 17.5 Å². The largest absolute Gasteiger partial charge is 0.309 e. The number of nitrogens with zero attached hydrogens (tertiary/aromatic N) is 1. The minimum atomic E-state index is 0.548. The lowest BCUT2D eigenvalue weighted by Crippen LogP contribution is -2.17. The van der Waals surface area contributed by atoms with Crippen molar-refractivity contribution in [3.63, 3.8) is 0 Å². The zero-order valence-corrected chi connectivity index (χ0v) is 10.8. The number of nitrogens with one attached hydrogen (secondary N) is 1. The molecule has 1 aromatic carbocycles. The maximum Gasteiger partial charge on any atom is 0.129 e. The van der Waals surface area contributed by atoms with Crippen LogP contribution in [0.2, 0.25) is 5.15 Å². The summed E-state index contributed by atoms with van der Waals surface area (Å²) in [6, 6.07) is 15.1. The zero-order chi connectivity index (χ0) is 12.4. The van der Waals surface area contributed by atoms with Gasteiger partial charge >= 0.3 is 0 Å². The molecule has 1 aliphatic rings. The summed E-state index contributed by atoms with van der Waals surface area (Å²) in [5, 5.41) is 4.11. The fourth-order valence-electron chi connectivity index (χ4n) is 2.25. The molecule has 1 aromatic heterocycles. The summed E-state index contributed by atoms with van der Waals surface area (Å²) >= 11 is 5.76. The molecule has 0 radical (unpaired) electrons. The number of benzene rings is 1. The molecule has 2 unspecified atom stereocenters. The van der Waals surface area contributed by atoms with Gasteiger partial charge < -0.3 is 5.32 Å². The first-order valence-electron chi connectivity index (χ1n) is 6.22. The maximum absolute atomic E-state index is 5.76. The summed E-state index contributed by atoms with van der Waals surface area (Å²) in [7, 11) is 0. The fourth-order valence-corrected chi connectivity index (χ4v) is 2.36. The molecule has 0 bridgehead atoms. The first-order chi connectivity index (χ1) is 8.83. The van der Waals surface area contributed by atoms with Crippen LogP contribution in [0.25, 0.3) is 0 Å². The van der Waals surface area contributed by atoms with Crippen molar-refractivity contribution in [1.29, 1.82) is 0 Å². The third-order valence-corrected chi connectivity index (χ3v) is 3.60. The smallest absolute Gasteiger partial charge is 0.129 e. The Hall–Kier alpha value is -1.38. The van der Waals surface area contributed by atoms with E-state index in [0.717, 1.165) is 6.54 Å². The van der Waals surface area contributed by atoms with E-state index < -0.39 is 0 Å². The molecular weight excluding hydrogens is 244 g/mol. The minimum Gasteiger partial charge on any atom is -0.309 e. The van der Waals surface area contributed by atoms with Crippen LogP contribution in [0.1, 0.15) is 23.5 Å². The Labute approximate surface area is 112 Å². The van der Waals surface area contributed by atoms with E-state index in [0.29, 0.717) is 17.1 Å². The van der Waals surface area contributed by atoms with Crippen molar-refractivity contribution in [2.45, 2.75) is 24.9 Å². The van der Waals surface area contributed by atoms with Crippen LogP contribution in [0.4, 0.5) is 0 Å². The number of hydrogen-bond acceptors (Lipinski definition) is 2. The molecule has 1 heterocycles. The summed E-state index contributed by atoms with van der Waals surface area (Å²) < 4.78 is 0. The van der Waals surface area contributed by atoms with Gasteiger partial charge in [0.1, 0.15) is 5.15 Å². The van der Waals surface area contributed by atoms with Gasteiger partial charge in [-0.1, -0.05) is 48.0 Å². The van der Waals surface area contributed by atoms with E-state index in [1.807, 2.05) is 18.3 Å². The molecular formula is C15H15ClN2. The second kappa shape index (κ2) is 5.09. The molecule has 18 heavy (non-hydrogen) atoms. The standard InChI is InChI=1S/C15H15ClN2/c16-15-7-6-11(10-18-15)9-17-14-8-13(14)12-4-2-1-3-5-12/h1-7,10,13-14,17H,8-9H2. The maximum atomic E-state index is 5.76. The molecule has 0 aliphatic heterocycles. The van der Waals surface area contributed by atoms with Crippen molar-refractivity contribution < 1.29 is 0 Å². The minimum absolute atomic E-state index is 0.548. The van der Waals surface area contributed by atoms with E-state index in [2.05, 4.69) is 40.6 Å². The fraction of sp³-hybridized carbons (Fsp3) is 0.267. The highest BCUT2D eigenvalue weighted by molar-refractivity contribution is 6.29. The van der Waals surface area contributed by atoms with Crippen molar-refractivity contribution in [2.24, 2.45) is 0 Å². The van der Waals surface area contributed by atoms with Gasteiger partial charge in [0, 0.05) is 24.7 Å². The SMILES string of the molecule is Clc1ccc(CNC2CC2c2ccccc2)cn1. The molecule has 1 saturated carbocycles. The predicted molar refractivity (Wildman–Crippen MR) is 73.7 cm³/mol. The molecule has 1 N–H and O–H groups in total. The number of rotatable bonds is 4. The highest BCUT2D eigenvalue weighted by Gasteiger charge is 2.37. The Bertz CT molecular complexity index is 510. The highest BCUT2D eigenvalue weighted by Crippen LogP contribution is 2.40. The average Bonchev–Trinajstić information content (AvgIpc) is 3.19. The Balaban J connectivity index is 1.53. The summed E-state index contributed by atoms with van der Waals surface area (Å²) in [5.41, 5.74) is 2.61. The zero-order valence-electron chi connectivity index (χ0n) is 10.0. The first-order valence-corrected chi connectivity index (χ1v) is 6.59. The van der Waals surface area contributed by atoms with Gasteiger partial charge in [-0.3, -0.25) is 0 Å². The molecule has 0 amide bonds.